The standard InChI is InChI=1S/C21H22ClN3O6S/c1-30-14-6-4-13(5-7-14)11-23-21(27)17-3-2-8-25(17)32(28,29)19-10-18-16(9-15(19)22)24-20(26)12-31-18/h4-7,9-10,17H,2-3,8,11-12H2,1H3,(H,23,27)(H,24,26)/t17-/m1/s1. The first-order valence-corrected chi connectivity index (χ1v) is 11.8. The molecule has 0 unspecified atom stereocenters. The lowest BCUT2D eigenvalue weighted by atomic mass is 10.2. The summed E-state index contributed by atoms with van der Waals surface area (Å²) in [5.74, 6) is 0.197. The summed E-state index contributed by atoms with van der Waals surface area (Å²) >= 11 is 6.24. The zero-order chi connectivity index (χ0) is 22.9. The number of ether oxygens (including phenoxy) is 2. The van der Waals surface area contributed by atoms with Gasteiger partial charge in [0.05, 0.1) is 17.8 Å². The van der Waals surface area contributed by atoms with Crippen LogP contribution in [0, 0.1) is 0 Å². The quantitative estimate of drug-likeness (QED) is 0.656. The van der Waals surface area contributed by atoms with E-state index in [-0.39, 0.29) is 47.2 Å². The molecular formula is C21H22ClN3O6S. The van der Waals surface area contributed by atoms with E-state index in [1.165, 1.54) is 16.4 Å². The van der Waals surface area contributed by atoms with Crippen molar-refractivity contribution in [1.82, 2.24) is 9.62 Å². The second-order valence-electron chi connectivity index (χ2n) is 7.46. The van der Waals surface area contributed by atoms with Crippen molar-refractivity contribution in [2.75, 3.05) is 25.6 Å². The molecule has 2 aromatic carbocycles. The van der Waals surface area contributed by atoms with Gasteiger partial charge in [0.15, 0.2) is 6.61 Å². The van der Waals surface area contributed by atoms with E-state index in [9.17, 15) is 18.0 Å². The highest BCUT2D eigenvalue weighted by molar-refractivity contribution is 7.89. The second kappa shape index (κ2) is 8.97. The van der Waals surface area contributed by atoms with Crippen LogP contribution in [-0.4, -0.2) is 50.8 Å². The third-order valence-electron chi connectivity index (χ3n) is 5.39. The van der Waals surface area contributed by atoms with E-state index < -0.39 is 16.1 Å². The van der Waals surface area contributed by atoms with E-state index in [4.69, 9.17) is 21.1 Å². The topological polar surface area (TPSA) is 114 Å². The van der Waals surface area contributed by atoms with Gasteiger partial charge in [-0.15, -0.1) is 0 Å². The summed E-state index contributed by atoms with van der Waals surface area (Å²) in [6.07, 6.45) is 0.956. The van der Waals surface area contributed by atoms with E-state index in [0.29, 0.717) is 24.3 Å². The molecule has 1 saturated heterocycles. The number of nitrogens with one attached hydrogen (secondary N) is 2. The molecule has 2 aliphatic rings. The Labute approximate surface area is 190 Å². The van der Waals surface area contributed by atoms with Crippen LogP contribution >= 0.6 is 11.6 Å². The molecule has 2 aliphatic heterocycles. The lowest BCUT2D eigenvalue weighted by molar-refractivity contribution is -0.124. The number of carbonyl (C=O) groups excluding carboxylic acids is 2. The highest BCUT2D eigenvalue weighted by Crippen LogP contribution is 2.38. The number of benzene rings is 2. The van der Waals surface area contributed by atoms with Gasteiger partial charge in [-0.05, 0) is 36.6 Å². The van der Waals surface area contributed by atoms with Crippen LogP contribution in [0.2, 0.25) is 5.02 Å². The van der Waals surface area contributed by atoms with Crippen LogP contribution in [0.5, 0.6) is 11.5 Å². The van der Waals surface area contributed by atoms with Crippen molar-refractivity contribution in [3.05, 3.63) is 47.0 Å². The number of methoxy groups -OCH3 is 1. The number of sulfonamides is 1. The Kier molecular flexibility index (Phi) is 6.27. The number of hydrogen-bond donors (Lipinski definition) is 2. The van der Waals surface area contributed by atoms with Gasteiger partial charge in [-0.25, -0.2) is 8.42 Å². The number of amides is 2. The highest BCUT2D eigenvalue weighted by Gasteiger charge is 2.40. The minimum Gasteiger partial charge on any atom is -0.497 e. The minimum atomic E-state index is -4.07. The predicted octanol–water partition coefficient (Wildman–Crippen LogP) is 2.15. The van der Waals surface area contributed by atoms with Crippen molar-refractivity contribution >= 4 is 39.1 Å². The highest BCUT2D eigenvalue weighted by atomic mass is 35.5. The summed E-state index contributed by atoms with van der Waals surface area (Å²) in [5.41, 5.74) is 1.17. The number of nitrogens with zero attached hydrogens (tertiary/aromatic N) is 1. The van der Waals surface area contributed by atoms with Gasteiger partial charge >= 0.3 is 0 Å². The Morgan fingerprint density at radius 3 is 2.78 bits per heavy atom. The van der Waals surface area contributed by atoms with Crippen molar-refractivity contribution in [2.24, 2.45) is 0 Å². The van der Waals surface area contributed by atoms with Gasteiger partial charge in [-0.1, -0.05) is 23.7 Å². The van der Waals surface area contributed by atoms with Crippen LogP contribution in [0.4, 0.5) is 5.69 Å². The first-order chi connectivity index (χ1) is 15.3. The maximum Gasteiger partial charge on any atom is 0.262 e. The molecule has 0 spiro atoms. The minimum absolute atomic E-state index is 0.0566. The van der Waals surface area contributed by atoms with E-state index in [1.807, 2.05) is 12.1 Å². The summed E-state index contributed by atoms with van der Waals surface area (Å²) in [5, 5.41) is 5.34. The molecule has 0 radical (unpaired) electrons. The Morgan fingerprint density at radius 2 is 2.06 bits per heavy atom. The zero-order valence-corrected chi connectivity index (χ0v) is 18.8. The molecule has 2 N–H and O–H groups in total. The molecule has 170 valence electrons. The van der Waals surface area contributed by atoms with Crippen molar-refractivity contribution in [1.29, 1.82) is 0 Å². The van der Waals surface area contributed by atoms with Crippen LogP contribution in [-0.2, 0) is 26.2 Å². The van der Waals surface area contributed by atoms with E-state index in [0.717, 1.165) is 5.56 Å². The summed E-state index contributed by atoms with van der Waals surface area (Å²) in [4.78, 5) is 24.2. The average molecular weight is 480 g/mol. The average Bonchev–Trinajstić information content (AvgIpc) is 3.28. The summed E-state index contributed by atoms with van der Waals surface area (Å²) < 4.78 is 38.4. The van der Waals surface area contributed by atoms with Crippen molar-refractivity contribution in [3.8, 4) is 11.5 Å². The molecule has 0 bridgehead atoms. The number of halogens is 1. The Morgan fingerprint density at radius 1 is 1.31 bits per heavy atom. The number of fused-ring (bicyclic) bond motifs is 1. The van der Waals surface area contributed by atoms with Crippen LogP contribution in [0.3, 0.4) is 0 Å². The maximum atomic E-state index is 13.4. The third-order valence-corrected chi connectivity index (χ3v) is 7.76. The zero-order valence-electron chi connectivity index (χ0n) is 17.3. The second-order valence-corrected chi connectivity index (χ2v) is 9.72. The smallest absolute Gasteiger partial charge is 0.262 e. The van der Waals surface area contributed by atoms with Gasteiger partial charge in [0, 0.05) is 19.2 Å². The molecule has 2 heterocycles. The fourth-order valence-corrected chi connectivity index (χ4v) is 5.92. The largest absolute Gasteiger partial charge is 0.497 e. The van der Waals surface area contributed by atoms with Gasteiger partial charge in [0.25, 0.3) is 5.91 Å². The fourth-order valence-electron chi connectivity index (χ4n) is 3.75. The molecule has 1 fully saturated rings. The number of carbonyl (C=O) groups is 2. The van der Waals surface area contributed by atoms with E-state index >= 15 is 0 Å². The normalized spacial score (nSPS) is 18.4. The Bertz CT molecular complexity index is 1150. The van der Waals surface area contributed by atoms with Gasteiger partial charge in [0.2, 0.25) is 15.9 Å². The van der Waals surface area contributed by atoms with Crippen LogP contribution in [0.1, 0.15) is 18.4 Å². The first kappa shape index (κ1) is 22.4. The molecule has 2 aromatic rings. The van der Waals surface area contributed by atoms with Crippen LogP contribution in [0.25, 0.3) is 0 Å². The van der Waals surface area contributed by atoms with Crippen LogP contribution < -0.4 is 20.1 Å². The molecule has 2 amide bonds. The van der Waals surface area contributed by atoms with Crippen molar-refractivity contribution in [2.45, 2.75) is 30.3 Å². The Balaban J connectivity index is 1.51. The molecule has 32 heavy (non-hydrogen) atoms. The van der Waals surface area contributed by atoms with Gasteiger partial charge in [-0.2, -0.15) is 4.31 Å². The fraction of sp³-hybridized carbons (Fsp3) is 0.333. The van der Waals surface area contributed by atoms with Crippen molar-refractivity contribution in [3.63, 3.8) is 0 Å². The number of rotatable bonds is 6. The van der Waals surface area contributed by atoms with Gasteiger partial charge in [0.1, 0.15) is 22.4 Å². The predicted molar refractivity (Wildman–Crippen MR) is 117 cm³/mol. The lowest BCUT2D eigenvalue weighted by Gasteiger charge is -2.25. The van der Waals surface area contributed by atoms with E-state index in [1.54, 1.807) is 19.2 Å². The molecule has 11 heteroatoms. The molecule has 1 atom stereocenters. The van der Waals surface area contributed by atoms with Crippen molar-refractivity contribution < 1.29 is 27.5 Å². The summed E-state index contributed by atoms with van der Waals surface area (Å²) in [7, 11) is -2.50. The lowest BCUT2D eigenvalue weighted by Crippen LogP contribution is -2.45. The number of hydrogen-bond acceptors (Lipinski definition) is 6. The SMILES string of the molecule is COc1ccc(CNC(=O)[C@H]2CCCN2S(=O)(=O)c2cc3c(cc2Cl)NC(=O)CO3)cc1. The molecule has 0 aromatic heterocycles. The molecule has 0 saturated carbocycles. The summed E-state index contributed by atoms with van der Waals surface area (Å²) in [6.45, 7) is 0.253. The first-order valence-electron chi connectivity index (χ1n) is 9.98. The molecule has 4 rings (SSSR count). The monoisotopic (exact) mass is 479 g/mol. The Hall–Kier alpha value is -2.82. The molecule has 9 nitrogen and oxygen atoms in total. The maximum absolute atomic E-state index is 13.4. The molecule has 0 aliphatic carbocycles. The van der Waals surface area contributed by atoms with Crippen LogP contribution in [0.15, 0.2) is 41.3 Å². The van der Waals surface area contributed by atoms with Gasteiger partial charge in [-0.3, -0.25) is 9.59 Å². The van der Waals surface area contributed by atoms with E-state index in [2.05, 4.69) is 10.6 Å². The number of anilines is 1. The van der Waals surface area contributed by atoms with Gasteiger partial charge < -0.3 is 20.1 Å². The summed E-state index contributed by atoms with van der Waals surface area (Å²) in [6, 6.07) is 9.02. The third kappa shape index (κ3) is 4.38. The molecular weight excluding hydrogens is 458 g/mol.